The molecule has 1 unspecified atom stereocenters. The van der Waals surface area contributed by atoms with Crippen LogP contribution in [0.5, 0.6) is 0 Å². The van der Waals surface area contributed by atoms with E-state index >= 15 is 0 Å². The van der Waals surface area contributed by atoms with E-state index in [1.807, 2.05) is 19.2 Å². The first kappa shape index (κ1) is 18.0. The number of aryl methyl sites for hydroxylation is 1. The Morgan fingerprint density at radius 2 is 2.17 bits per heavy atom. The Labute approximate surface area is 168 Å². The lowest BCUT2D eigenvalue weighted by Crippen LogP contribution is -2.34. The number of nitrogens with one attached hydrogen (secondary N) is 1. The van der Waals surface area contributed by atoms with Crippen molar-refractivity contribution in [2.75, 3.05) is 11.4 Å². The van der Waals surface area contributed by atoms with Gasteiger partial charge in [-0.05, 0) is 56.7 Å². The monoisotopic (exact) mass is 394 g/mol. The summed E-state index contributed by atoms with van der Waals surface area (Å²) >= 11 is 0. The van der Waals surface area contributed by atoms with Gasteiger partial charge in [0.15, 0.2) is 5.65 Å². The van der Waals surface area contributed by atoms with Crippen LogP contribution in [0.3, 0.4) is 0 Å². The third-order valence-electron chi connectivity index (χ3n) is 5.94. The number of nitrogens with zero attached hydrogens (tertiary/aromatic N) is 5. The molecule has 1 N–H and O–H groups in total. The maximum Gasteiger partial charge on any atom is 0.256 e. The molecule has 2 bridgehead atoms. The number of carbonyl (C=O) groups is 1. The second-order valence-electron chi connectivity index (χ2n) is 7.98. The van der Waals surface area contributed by atoms with Crippen molar-refractivity contribution < 1.29 is 9.18 Å². The SMILES string of the molecule is CC1CCc2ncc(F)cc2C[C@H]2CCCN2c2ccn3ncc(c3n2)C(=O)N1. The van der Waals surface area contributed by atoms with Gasteiger partial charge in [-0.25, -0.2) is 13.9 Å². The molecular weight excluding hydrogens is 371 g/mol. The molecule has 3 aromatic heterocycles. The summed E-state index contributed by atoms with van der Waals surface area (Å²) in [6.45, 7) is 2.86. The lowest BCUT2D eigenvalue weighted by Gasteiger charge is -2.27. The molecule has 2 aliphatic heterocycles. The molecule has 3 aromatic rings. The summed E-state index contributed by atoms with van der Waals surface area (Å²) in [5.41, 5.74) is 2.89. The highest BCUT2D eigenvalue weighted by Crippen LogP contribution is 2.28. The number of amides is 1. The molecule has 1 fully saturated rings. The molecule has 1 saturated heterocycles. The quantitative estimate of drug-likeness (QED) is 0.634. The van der Waals surface area contributed by atoms with Crippen molar-refractivity contribution in [1.29, 1.82) is 0 Å². The molecule has 29 heavy (non-hydrogen) atoms. The van der Waals surface area contributed by atoms with Crippen molar-refractivity contribution >= 4 is 17.4 Å². The molecule has 8 heteroatoms. The number of rotatable bonds is 0. The Morgan fingerprint density at radius 1 is 1.28 bits per heavy atom. The average Bonchev–Trinajstić information content (AvgIpc) is 3.33. The molecule has 0 aromatic carbocycles. The van der Waals surface area contributed by atoms with Crippen LogP contribution in [0.2, 0.25) is 0 Å². The van der Waals surface area contributed by atoms with Crippen molar-refractivity contribution in [3.63, 3.8) is 0 Å². The predicted molar refractivity (Wildman–Crippen MR) is 107 cm³/mol. The third-order valence-corrected chi connectivity index (χ3v) is 5.94. The number of anilines is 1. The molecular formula is C21H23FN6O. The molecule has 0 spiro atoms. The van der Waals surface area contributed by atoms with Crippen molar-refractivity contribution in [3.05, 3.63) is 53.4 Å². The summed E-state index contributed by atoms with van der Waals surface area (Å²) in [4.78, 5) is 24.2. The molecule has 0 radical (unpaired) electrons. The summed E-state index contributed by atoms with van der Waals surface area (Å²) in [6, 6.07) is 3.72. The predicted octanol–water partition coefficient (Wildman–Crippen LogP) is 2.54. The van der Waals surface area contributed by atoms with Crippen LogP contribution in [0.4, 0.5) is 10.2 Å². The van der Waals surface area contributed by atoms with Gasteiger partial charge in [-0.15, -0.1) is 0 Å². The third kappa shape index (κ3) is 3.32. The zero-order chi connectivity index (χ0) is 20.0. The van der Waals surface area contributed by atoms with Crippen LogP contribution in [0, 0.1) is 5.82 Å². The van der Waals surface area contributed by atoms with Crippen LogP contribution in [0.15, 0.2) is 30.7 Å². The van der Waals surface area contributed by atoms with E-state index in [-0.39, 0.29) is 23.8 Å². The van der Waals surface area contributed by atoms with E-state index in [0.29, 0.717) is 17.6 Å². The molecule has 150 valence electrons. The van der Waals surface area contributed by atoms with Gasteiger partial charge in [-0.1, -0.05) is 0 Å². The Kier molecular flexibility index (Phi) is 4.41. The molecule has 7 nitrogen and oxygen atoms in total. The van der Waals surface area contributed by atoms with Crippen LogP contribution in [0.25, 0.3) is 5.65 Å². The number of halogens is 1. The minimum Gasteiger partial charge on any atom is -0.353 e. The zero-order valence-electron chi connectivity index (χ0n) is 16.3. The largest absolute Gasteiger partial charge is 0.353 e. The lowest BCUT2D eigenvalue weighted by atomic mass is 9.99. The number of hydrogen-bond acceptors (Lipinski definition) is 5. The number of fused-ring (bicyclic) bond motifs is 4. The van der Waals surface area contributed by atoms with Gasteiger partial charge in [-0.2, -0.15) is 5.10 Å². The highest BCUT2D eigenvalue weighted by molar-refractivity contribution is 5.99. The van der Waals surface area contributed by atoms with E-state index in [0.717, 1.165) is 49.3 Å². The van der Waals surface area contributed by atoms with Crippen LogP contribution in [-0.4, -0.2) is 44.1 Å². The highest BCUT2D eigenvalue weighted by Gasteiger charge is 2.28. The number of pyridine rings is 1. The van der Waals surface area contributed by atoms with Gasteiger partial charge < -0.3 is 10.2 Å². The second kappa shape index (κ2) is 7.09. The Balaban J connectivity index is 1.61. The number of aromatic nitrogens is 4. The average molecular weight is 394 g/mol. The van der Waals surface area contributed by atoms with Gasteiger partial charge in [0.25, 0.3) is 5.91 Å². The molecule has 0 aliphatic carbocycles. The fourth-order valence-corrected chi connectivity index (χ4v) is 4.42. The minimum absolute atomic E-state index is 0.0498. The van der Waals surface area contributed by atoms with Crippen LogP contribution in [-0.2, 0) is 12.8 Å². The summed E-state index contributed by atoms with van der Waals surface area (Å²) in [5, 5.41) is 7.31. The Hall–Kier alpha value is -3.03. The topological polar surface area (TPSA) is 75.4 Å². The molecule has 2 atom stereocenters. The zero-order valence-corrected chi connectivity index (χ0v) is 16.3. The standard InChI is InChI=1S/C21H23FN6O/c1-13-4-5-18-14(9-15(22)11-23-18)10-16-3-2-7-27(16)19-6-8-28-20(26-19)17(12-24-28)21(29)25-13/h6,8-9,11-13,16H,2-5,7,10H2,1H3,(H,25,29)/t13?,16-/m1/s1. The van der Waals surface area contributed by atoms with Gasteiger partial charge in [0.2, 0.25) is 0 Å². The van der Waals surface area contributed by atoms with E-state index in [1.165, 1.54) is 6.20 Å². The first-order valence-electron chi connectivity index (χ1n) is 10.1. The highest BCUT2D eigenvalue weighted by atomic mass is 19.1. The maximum absolute atomic E-state index is 13.9. The molecule has 5 rings (SSSR count). The van der Waals surface area contributed by atoms with Crippen LogP contribution >= 0.6 is 0 Å². The molecule has 5 heterocycles. The number of hydrogen-bond donors (Lipinski definition) is 1. The van der Waals surface area contributed by atoms with E-state index in [1.54, 1.807) is 16.8 Å². The normalized spacial score (nSPS) is 22.3. The van der Waals surface area contributed by atoms with Gasteiger partial charge in [0.05, 0.1) is 12.4 Å². The van der Waals surface area contributed by atoms with Crippen molar-refractivity contribution in [3.8, 4) is 0 Å². The smallest absolute Gasteiger partial charge is 0.256 e. The van der Waals surface area contributed by atoms with Crippen molar-refractivity contribution in [2.24, 2.45) is 0 Å². The summed E-state index contributed by atoms with van der Waals surface area (Å²) in [5.74, 6) is 0.337. The van der Waals surface area contributed by atoms with E-state index in [9.17, 15) is 9.18 Å². The number of carbonyl (C=O) groups excluding carboxylic acids is 1. The summed E-state index contributed by atoms with van der Waals surface area (Å²) < 4.78 is 15.6. The summed E-state index contributed by atoms with van der Waals surface area (Å²) in [7, 11) is 0. The molecule has 0 saturated carbocycles. The molecule has 1 amide bonds. The molecule has 2 aliphatic rings. The van der Waals surface area contributed by atoms with Gasteiger partial charge in [0, 0.05) is 30.5 Å². The van der Waals surface area contributed by atoms with Crippen molar-refractivity contribution in [1.82, 2.24) is 24.9 Å². The first-order chi connectivity index (χ1) is 14.1. The van der Waals surface area contributed by atoms with Crippen LogP contribution < -0.4 is 10.2 Å². The van der Waals surface area contributed by atoms with E-state index < -0.39 is 0 Å². The Morgan fingerprint density at radius 3 is 3.07 bits per heavy atom. The minimum atomic E-state index is -0.306. The summed E-state index contributed by atoms with van der Waals surface area (Å²) in [6.07, 6.45) is 8.92. The van der Waals surface area contributed by atoms with Crippen molar-refractivity contribution in [2.45, 2.75) is 51.1 Å². The van der Waals surface area contributed by atoms with Gasteiger partial charge >= 0.3 is 0 Å². The van der Waals surface area contributed by atoms with Gasteiger partial charge in [-0.3, -0.25) is 9.78 Å². The lowest BCUT2D eigenvalue weighted by molar-refractivity contribution is 0.0940. The first-order valence-corrected chi connectivity index (χ1v) is 10.1. The van der Waals surface area contributed by atoms with E-state index in [2.05, 4.69) is 20.3 Å². The fourth-order valence-electron chi connectivity index (χ4n) is 4.42. The maximum atomic E-state index is 13.9. The Bertz CT molecular complexity index is 1080. The van der Waals surface area contributed by atoms with Crippen LogP contribution in [0.1, 0.15) is 47.8 Å². The fraction of sp³-hybridized carbons (Fsp3) is 0.429. The van der Waals surface area contributed by atoms with Gasteiger partial charge in [0.1, 0.15) is 17.2 Å². The van der Waals surface area contributed by atoms with E-state index in [4.69, 9.17) is 4.98 Å². The second-order valence-corrected chi connectivity index (χ2v) is 7.98.